The van der Waals surface area contributed by atoms with Crippen molar-refractivity contribution in [2.24, 2.45) is 5.92 Å². The molecule has 3 heterocycles. The zero-order valence-corrected chi connectivity index (χ0v) is 15.9. The van der Waals surface area contributed by atoms with Gasteiger partial charge >= 0.3 is 6.09 Å². The van der Waals surface area contributed by atoms with E-state index in [9.17, 15) is 9.59 Å². The van der Waals surface area contributed by atoms with Crippen LogP contribution in [0.3, 0.4) is 0 Å². The van der Waals surface area contributed by atoms with E-state index in [0.717, 1.165) is 12.1 Å². The van der Waals surface area contributed by atoms with Crippen LogP contribution in [0.5, 0.6) is 0 Å². The molecule has 3 aliphatic heterocycles. The SMILES string of the molecule is CC(C)(C)OC(=O)N1CC[C@]23c4ccccc4N4C(=O)C=CC(C=C[C@H]12)[C@H]43. The zero-order valence-electron chi connectivity index (χ0n) is 15.9. The van der Waals surface area contributed by atoms with Crippen LogP contribution in [0, 0.1) is 5.92 Å². The Hall–Kier alpha value is -2.56. The number of likely N-dealkylation sites (tertiary alicyclic amines) is 1. The van der Waals surface area contributed by atoms with Gasteiger partial charge in [-0.05, 0) is 38.8 Å². The van der Waals surface area contributed by atoms with Gasteiger partial charge in [-0.15, -0.1) is 0 Å². The summed E-state index contributed by atoms with van der Waals surface area (Å²) in [6.45, 7) is 6.30. The number of para-hydroxylation sites is 1. The molecule has 1 aliphatic carbocycles. The van der Waals surface area contributed by atoms with Gasteiger partial charge in [-0.2, -0.15) is 0 Å². The van der Waals surface area contributed by atoms with Crippen LogP contribution in [0.25, 0.3) is 0 Å². The Labute approximate surface area is 159 Å². The molecule has 4 atom stereocenters. The average Bonchev–Trinajstić information content (AvgIpc) is 3.14. The van der Waals surface area contributed by atoms with Gasteiger partial charge in [0, 0.05) is 29.6 Å². The topological polar surface area (TPSA) is 49.9 Å². The maximum atomic E-state index is 12.9. The highest BCUT2D eigenvalue weighted by molar-refractivity contribution is 6.06. The van der Waals surface area contributed by atoms with E-state index >= 15 is 0 Å². The average molecular weight is 364 g/mol. The zero-order chi connectivity index (χ0) is 19.0. The van der Waals surface area contributed by atoms with Gasteiger partial charge in [-0.25, -0.2) is 4.79 Å². The second kappa shape index (κ2) is 5.24. The van der Waals surface area contributed by atoms with Crippen LogP contribution in [0.15, 0.2) is 48.6 Å². The van der Waals surface area contributed by atoms with Gasteiger partial charge in [0.05, 0.1) is 12.1 Å². The first kappa shape index (κ1) is 16.6. The van der Waals surface area contributed by atoms with Crippen LogP contribution in [0.1, 0.15) is 32.8 Å². The molecular formula is C22H24N2O3. The van der Waals surface area contributed by atoms with Crippen molar-refractivity contribution in [3.63, 3.8) is 0 Å². The van der Waals surface area contributed by atoms with Gasteiger partial charge in [-0.3, -0.25) is 4.79 Å². The second-order valence-corrected chi connectivity index (χ2v) is 8.90. The Morgan fingerprint density at radius 2 is 1.96 bits per heavy atom. The highest BCUT2D eigenvalue weighted by Crippen LogP contribution is 2.58. The van der Waals surface area contributed by atoms with Crippen molar-refractivity contribution in [2.75, 3.05) is 11.4 Å². The summed E-state index contributed by atoms with van der Waals surface area (Å²) in [6, 6.07) is 8.10. The number of ether oxygens (including phenoxy) is 1. The number of hydrogen-bond donors (Lipinski definition) is 0. The molecule has 140 valence electrons. The van der Waals surface area contributed by atoms with Gasteiger partial charge in [0.2, 0.25) is 0 Å². The standard InChI is InChI=1S/C22H24N2O3/c1-21(2,3)27-20(26)23-13-12-22-15-6-4-5-7-16(15)24-18(25)11-9-14(19(22)24)8-10-17(22)23/h4-11,14,17,19H,12-13H2,1-3H3/t14?,17-,19-,22-/m0/s1. The third kappa shape index (κ3) is 2.11. The number of carbonyl (C=O) groups excluding carboxylic acids is 2. The normalized spacial score (nSPS) is 33.0. The molecule has 2 amide bonds. The largest absolute Gasteiger partial charge is 0.444 e. The molecule has 0 saturated carbocycles. The number of carbonyl (C=O) groups is 2. The number of benzene rings is 1. The minimum absolute atomic E-state index is 0.0230. The summed E-state index contributed by atoms with van der Waals surface area (Å²) < 4.78 is 5.68. The number of nitrogens with zero attached hydrogens (tertiary/aromatic N) is 2. The fourth-order valence-electron chi connectivity index (χ4n) is 5.46. The summed E-state index contributed by atoms with van der Waals surface area (Å²) >= 11 is 0. The van der Waals surface area contributed by atoms with Crippen LogP contribution in [-0.4, -0.2) is 41.1 Å². The van der Waals surface area contributed by atoms with Crippen molar-refractivity contribution in [3.8, 4) is 0 Å². The molecule has 1 unspecified atom stereocenters. The fraction of sp³-hybridized carbons (Fsp3) is 0.455. The van der Waals surface area contributed by atoms with Gasteiger partial charge in [0.1, 0.15) is 5.60 Å². The highest BCUT2D eigenvalue weighted by Gasteiger charge is 2.64. The van der Waals surface area contributed by atoms with Gasteiger partial charge < -0.3 is 14.5 Å². The quantitative estimate of drug-likeness (QED) is 0.663. The molecule has 27 heavy (non-hydrogen) atoms. The Kier molecular flexibility index (Phi) is 3.22. The molecule has 0 aromatic heterocycles. The van der Waals surface area contributed by atoms with Crippen LogP contribution >= 0.6 is 0 Å². The first-order valence-corrected chi connectivity index (χ1v) is 9.62. The lowest BCUT2D eigenvalue weighted by molar-refractivity contribution is -0.115. The summed E-state index contributed by atoms with van der Waals surface area (Å²) in [5.41, 5.74) is 1.36. The lowest BCUT2D eigenvalue weighted by atomic mass is 9.63. The summed E-state index contributed by atoms with van der Waals surface area (Å²) in [7, 11) is 0. The first-order valence-electron chi connectivity index (χ1n) is 9.62. The third-order valence-electron chi connectivity index (χ3n) is 6.31. The van der Waals surface area contributed by atoms with Crippen molar-refractivity contribution >= 4 is 17.7 Å². The maximum Gasteiger partial charge on any atom is 0.410 e. The Balaban J connectivity index is 1.64. The Morgan fingerprint density at radius 3 is 2.74 bits per heavy atom. The molecule has 1 fully saturated rings. The van der Waals surface area contributed by atoms with Crippen LogP contribution < -0.4 is 4.90 Å². The minimum Gasteiger partial charge on any atom is -0.444 e. The van der Waals surface area contributed by atoms with Crippen molar-refractivity contribution in [1.29, 1.82) is 0 Å². The van der Waals surface area contributed by atoms with E-state index in [1.807, 2.05) is 54.8 Å². The molecule has 0 bridgehead atoms. The number of anilines is 1. The lowest BCUT2D eigenvalue weighted by Crippen LogP contribution is -2.59. The molecule has 5 rings (SSSR count). The highest BCUT2D eigenvalue weighted by atomic mass is 16.6. The van der Waals surface area contributed by atoms with Gasteiger partial charge in [0.25, 0.3) is 5.91 Å². The van der Waals surface area contributed by atoms with E-state index in [-0.39, 0.29) is 35.4 Å². The predicted octanol–water partition coefficient (Wildman–Crippen LogP) is 3.40. The van der Waals surface area contributed by atoms with Crippen molar-refractivity contribution in [1.82, 2.24) is 4.90 Å². The molecule has 5 nitrogen and oxygen atoms in total. The molecule has 1 saturated heterocycles. The molecule has 4 aliphatic rings. The predicted molar refractivity (Wildman–Crippen MR) is 103 cm³/mol. The molecular weight excluding hydrogens is 340 g/mol. The van der Waals surface area contributed by atoms with Gasteiger partial charge in [-0.1, -0.05) is 36.4 Å². The van der Waals surface area contributed by atoms with Gasteiger partial charge in [0.15, 0.2) is 0 Å². The van der Waals surface area contributed by atoms with E-state index in [1.165, 1.54) is 5.56 Å². The molecule has 0 radical (unpaired) electrons. The van der Waals surface area contributed by atoms with E-state index in [1.54, 1.807) is 6.08 Å². The number of amides is 2. The Bertz CT molecular complexity index is 897. The minimum atomic E-state index is -0.531. The molecule has 1 aromatic rings. The Morgan fingerprint density at radius 1 is 1.19 bits per heavy atom. The number of hydrogen-bond acceptors (Lipinski definition) is 3. The van der Waals surface area contributed by atoms with Crippen LogP contribution in [0.2, 0.25) is 0 Å². The van der Waals surface area contributed by atoms with Crippen molar-refractivity contribution in [3.05, 3.63) is 54.1 Å². The molecule has 0 N–H and O–H groups in total. The molecule has 5 heteroatoms. The maximum absolute atomic E-state index is 12.9. The molecule has 1 spiro atoms. The van der Waals surface area contributed by atoms with Crippen molar-refractivity contribution < 1.29 is 14.3 Å². The van der Waals surface area contributed by atoms with E-state index in [4.69, 9.17) is 4.74 Å². The summed E-state index contributed by atoms with van der Waals surface area (Å²) in [5, 5.41) is 0. The third-order valence-corrected chi connectivity index (χ3v) is 6.31. The fourth-order valence-corrected chi connectivity index (χ4v) is 5.46. The summed E-state index contributed by atoms with van der Waals surface area (Å²) in [6.07, 6.45) is 8.55. The van der Waals surface area contributed by atoms with Crippen LogP contribution in [-0.2, 0) is 14.9 Å². The monoisotopic (exact) mass is 364 g/mol. The number of rotatable bonds is 0. The van der Waals surface area contributed by atoms with E-state index in [2.05, 4.69) is 18.2 Å². The molecule has 1 aromatic carbocycles. The summed E-state index contributed by atoms with van der Waals surface area (Å²) in [5.74, 6) is 0.204. The smallest absolute Gasteiger partial charge is 0.410 e. The summed E-state index contributed by atoms with van der Waals surface area (Å²) in [4.78, 5) is 29.5. The first-order chi connectivity index (χ1) is 12.8. The lowest BCUT2D eigenvalue weighted by Gasteiger charge is -2.46. The second-order valence-electron chi connectivity index (χ2n) is 8.90. The van der Waals surface area contributed by atoms with E-state index < -0.39 is 5.60 Å². The van der Waals surface area contributed by atoms with Crippen molar-refractivity contribution in [2.45, 2.75) is 50.3 Å². The van der Waals surface area contributed by atoms with Crippen LogP contribution in [0.4, 0.5) is 10.5 Å². The van der Waals surface area contributed by atoms with E-state index in [0.29, 0.717) is 6.54 Å². The number of fused-ring (bicyclic) bond motifs is 2.